The number of carbonyl (C=O) groups is 1. The van der Waals surface area contributed by atoms with Gasteiger partial charge < -0.3 is 15.5 Å². The van der Waals surface area contributed by atoms with E-state index in [4.69, 9.17) is 0 Å². The fraction of sp³-hybridized carbons (Fsp3) is 0.500. The Balaban J connectivity index is 1.63. The molecule has 34 heavy (non-hydrogen) atoms. The van der Waals surface area contributed by atoms with Gasteiger partial charge in [-0.15, -0.1) is 0 Å². The van der Waals surface area contributed by atoms with Crippen molar-refractivity contribution in [2.24, 2.45) is 0 Å². The second-order valence-electron chi connectivity index (χ2n) is 8.56. The van der Waals surface area contributed by atoms with Gasteiger partial charge >= 0.3 is 12.4 Å². The number of anilines is 2. The third-order valence-corrected chi connectivity index (χ3v) is 5.61. The number of rotatable bonds is 5. The molecule has 0 atom stereocenters. The zero-order chi connectivity index (χ0) is 25.3. The average Bonchev–Trinajstić information content (AvgIpc) is 2.74. The minimum absolute atomic E-state index is 0.00250. The summed E-state index contributed by atoms with van der Waals surface area (Å²) in [6, 6.07) is 0.536. The highest BCUT2D eigenvalue weighted by molar-refractivity contribution is 5.94. The molecule has 1 aliphatic rings. The molecule has 2 aromatic rings. The predicted octanol–water partition coefficient (Wildman–Crippen LogP) is 5.04. The highest BCUT2D eigenvalue weighted by Gasteiger charge is 2.37. The molecule has 6 nitrogen and oxygen atoms in total. The molecule has 12 heteroatoms. The first-order chi connectivity index (χ1) is 15.7. The smallest absolute Gasteiger partial charge is 0.362 e. The summed E-state index contributed by atoms with van der Waals surface area (Å²) in [5.41, 5.74) is -2.79. The lowest BCUT2D eigenvalue weighted by Gasteiger charge is -2.30. The molecule has 0 radical (unpaired) electrons. The quantitative estimate of drug-likeness (QED) is 0.576. The summed E-state index contributed by atoms with van der Waals surface area (Å²) < 4.78 is 78.3. The monoisotopic (exact) mass is 489 g/mol. The number of halogens is 6. The summed E-state index contributed by atoms with van der Waals surface area (Å²) in [7, 11) is 3.74. The topological polar surface area (TPSA) is 70.1 Å². The number of hydrogen-bond acceptors (Lipinski definition) is 5. The minimum atomic E-state index is -5.01. The second-order valence-corrected chi connectivity index (χ2v) is 8.56. The predicted molar refractivity (Wildman–Crippen MR) is 115 cm³/mol. The molecule has 0 saturated heterocycles. The van der Waals surface area contributed by atoms with Crippen molar-refractivity contribution < 1.29 is 31.1 Å². The van der Waals surface area contributed by atoms with E-state index in [2.05, 4.69) is 20.6 Å². The first-order valence-corrected chi connectivity index (χ1v) is 10.6. The molecule has 2 N–H and O–H groups in total. The van der Waals surface area contributed by atoms with E-state index in [-0.39, 0.29) is 18.2 Å². The Hall–Kier alpha value is -3.05. The SMILES string of the molecule is Cc1cnc(NC2CCC(NC(=O)c3cc(C(F)(F)F)cc(C(F)(F)F)c3)CC2)nc1N(C)C. The van der Waals surface area contributed by atoms with Crippen LogP contribution >= 0.6 is 0 Å². The lowest BCUT2D eigenvalue weighted by Crippen LogP contribution is -2.40. The van der Waals surface area contributed by atoms with Crippen LogP contribution in [0, 0.1) is 6.92 Å². The van der Waals surface area contributed by atoms with Crippen LogP contribution in [0.1, 0.15) is 52.7 Å². The third-order valence-electron chi connectivity index (χ3n) is 5.61. The maximum absolute atomic E-state index is 13.1. The van der Waals surface area contributed by atoms with Gasteiger partial charge in [-0.2, -0.15) is 31.3 Å². The molecule has 0 spiro atoms. The molecule has 0 unspecified atom stereocenters. The molecule has 186 valence electrons. The zero-order valence-electron chi connectivity index (χ0n) is 18.8. The van der Waals surface area contributed by atoms with Crippen molar-refractivity contribution >= 4 is 17.7 Å². The van der Waals surface area contributed by atoms with Crippen molar-refractivity contribution in [3.8, 4) is 0 Å². The van der Waals surface area contributed by atoms with E-state index in [1.54, 1.807) is 6.20 Å². The second kappa shape index (κ2) is 9.67. The third kappa shape index (κ3) is 6.29. The van der Waals surface area contributed by atoms with Gasteiger partial charge in [0.15, 0.2) is 0 Å². The molecule has 1 fully saturated rings. The van der Waals surface area contributed by atoms with Gasteiger partial charge in [0.25, 0.3) is 5.91 Å². The molecule has 0 aliphatic heterocycles. The lowest BCUT2D eigenvalue weighted by atomic mass is 9.91. The van der Waals surface area contributed by atoms with Crippen LogP contribution < -0.4 is 15.5 Å². The normalized spacial score (nSPS) is 19.0. The number of aromatic nitrogens is 2. The summed E-state index contributed by atoms with van der Waals surface area (Å²) in [6.45, 7) is 1.90. The number of benzene rings is 1. The van der Waals surface area contributed by atoms with Gasteiger partial charge in [-0.05, 0) is 50.8 Å². The van der Waals surface area contributed by atoms with Gasteiger partial charge in [0.2, 0.25) is 5.95 Å². The van der Waals surface area contributed by atoms with Gasteiger partial charge in [-0.25, -0.2) is 4.98 Å². The first-order valence-electron chi connectivity index (χ1n) is 10.6. The number of carbonyl (C=O) groups excluding carboxylic acids is 1. The van der Waals surface area contributed by atoms with E-state index < -0.39 is 35.0 Å². The summed E-state index contributed by atoms with van der Waals surface area (Å²) in [6.07, 6.45) is -6.07. The Morgan fingerprint density at radius 3 is 1.97 bits per heavy atom. The largest absolute Gasteiger partial charge is 0.416 e. The molecule has 3 rings (SSSR count). The van der Waals surface area contributed by atoms with Crippen molar-refractivity contribution in [3.63, 3.8) is 0 Å². The number of amides is 1. The maximum Gasteiger partial charge on any atom is 0.416 e. The molecule has 0 bridgehead atoms. The van der Waals surface area contributed by atoms with E-state index in [9.17, 15) is 31.1 Å². The van der Waals surface area contributed by atoms with E-state index in [0.29, 0.717) is 43.8 Å². The highest BCUT2D eigenvalue weighted by atomic mass is 19.4. The van der Waals surface area contributed by atoms with Gasteiger partial charge in [0, 0.05) is 43.5 Å². The molecular weight excluding hydrogens is 464 g/mol. The fourth-order valence-corrected chi connectivity index (χ4v) is 3.87. The van der Waals surface area contributed by atoms with Crippen molar-refractivity contribution in [1.29, 1.82) is 0 Å². The van der Waals surface area contributed by atoms with E-state index in [1.807, 2.05) is 25.9 Å². The van der Waals surface area contributed by atoms with Crippen molar-refractivity contribution in [2.45, 2.75) is 57.0 Å². The van der Waals surface area contributed by atoms with Gasteiger partial charge in [0.1, 0.15) is 5.82 Å². The van der Waals surface area contributed by atoms with Crippen LogP contribution in [-0.2, 0) is 12.4 Å². The van der Waals surface area contributed by atoms with Crippen molar-refractivity contribution in [2.75, 3.05) is 24.3 Å². The number of hydrogen-bond donors (Lipinski definition) is 2. The molecule has 1 saturated carbocycles. The maximum atomic E-state index is 13.1. The summed E-state index contributed by atoms with van der Waals surface area (Å²) in [5, 5.41) is 5.81. The van der Waals surface area contributed by atoms with E-state index in [0.717, 1.165) is 11.4 Å². The standard InChI is InChI=1S/C22H25F6N5O/c1-12-11-29-20(32-18(12)33(2)3)31-17-6-4-16(5-7-17)30-19(34)13-8-14(21(23,24)25)10-15(9-13)22(26,27)28/h8-11,16-17H,4-7H2,1-3H3,(H,30,34)(H,29,31,32). The molecule has 1 aromatic carbocycles. The Morgan fingerprint density at radius 1 is 0.941 bits per heavy atom. The summed E-state index contributed by atoms with van der Waals surface area (Å²) in [5.74, 6) is 0.272. The van der Waals surface area contributed by atoms with Gasteiger partial charge in [0.05, 0.1) is 11.1 Å². The number of nitrogens with one attached hydrogen (secondary N) is 2. The lowest BCUT2D eigenvalue weighted by molar-refractivity contribution is -0.143. The van der Waals surface area contributed by atoms with Gasteiger partial charge in [-0.3, -0.25) is 4.79 Å². The van der Waals surface area contributed by atoms with Crippen LogP contribution in [-0.4, -0.2) is 42.1 Å². The van der Waals surface area contributed by atoms with Crippen molar-refractivity contribution in [1.82, 2.24) is 15.3 Å². The van der Waals surface area contributed by atoms with Crippen LogP contribution in [0.4, 0.5) is 38.1 Å². The highest BCUT2D eigenvalue weighted by Crippen LogP contribution is 2.36. The Morgan fingerprint density at radius 2 is 1.47 bits per heavy atom. The molecule has 1 heterocycles. The molecular formula is C22H25F6N5O. The minimum Gasteiger partial charge on any atom is -0.362 e. The van der Waals surface area contributed by atoms with E-state index in [1.165, 1.54) is 0 Å². The number of nitrogens with zero attached hydrogens (tertiary/aromatic N) is 3. The molecule has 1 aromatic heterocycles. The fourth-order valence-electron chi connectivity index (χ4n) is 3.87. The summed E-state index contributed by atoms with van der Waals surface area (Å²) in [4.78, 5) is 23.1. The average molecular weight is 489 g/mol. The summed E-state index contributed by atoms with van der Waals surface area (Å²) >= 11 is 0. The number of aryl methyl sites for hydroxylation is 1. The Bertz CT molecular complexity index is 997. The molecule has 1 amide bonds. The zero-order valence-corrected chi connectivity index (χ0v) is 18.8. The van der Waals surface area contributed by atoms with Gasteiger partial charge in [-0.1, -0.05) is 0 Å². The Labute approximate surface area is 192 Å². The van der Waals surface area contributed by atoms with Crippen LogP contribution in [0.3, 0.4) is 0 Å². The van der Waals surface area contributed by atoms with Crippen molar-refractivity contribution in [3.05, 3.63) is 46.6 Å². The number of alkyl halides is 6. The van der Waals surface area contributed by atoms with Crippen LogP contribution in [0.5, 0.6) is 0 Å². The van der Waals surface area contributed by atoms with E-state index >= 15 is 0 Å². The van der Waals surface area contributed by atoms with Crippen LogP contribution in [0.2, 0.25) is 0 Å². The van der Waals surface area contributed by atoms with Crippen LogP contribution in [0.25, 0.3) is 0 Å². The Kier molecular flexibility index (Phi) is 7.27. The first kappa shape index (κ1) is 25.6. The van der Waals surface area contributed by atoms with Crippen LogP contribution in [0.15, 0.2) is 24.4 Å². The molecule has 1 aliphatic carbocycles.